The quantitative estimate of drug-likeness (QED) is 0.681. The standard InChI is InChI=1S/C19H20N4O3/c1-19(2,3)12-6-8-13(9-7-12)21-22-17-14(11-16(25)26)20-18-15(24)5-4-10-23(17)18/h4-10,24H,11H2,1-3H3,(H,25,26). The first-order valence-corrected chi connectivity index (χ1v) is 8.18. The molecular formula is C19H20N4O3. The van der Waals surface area contributed by atoms with Crippen molar-refractivity contribution < 1.29 is 15.0 Å². The van der Waals surface area contributed by atoms with Gasteiger partial charge in [-0.25, -0.2) is 4.98 Å². The Balaban J connectivity index is 2.00. The fourth-order valence-electron chi connectivity index (χ4n) is 2.59. The molecule has 0 bridgehead atoms. The highest BCUT2D eigenvalue weighted by atomic mass is 16.4. The summed E-state index contributed by atoms with van der Waals surface area (Å²) in [7, 11) is 0. The minimum Gasteiger partial charge on any atom is -0.504 e. The minimum atomic E-state index is -1.03. The summed E-state index contributed by atoms with van der Waals surface area (Å²) in [5.74, 6) is -0.785. The summed E-state index contributed by atoms with van der Waals surface area (Å²) in [6, 6.07) is 10.8. The molecule has 0 unspecified atom stereocenters. The van der Waals surface area contributed by atoms with Crippen molar-refractivity contribution in [3.63, 3.8) is 0 Å². The molecule has 0 saturated carbocycles. The molecule has 2 N–H and O–H groups in total. The maximum atomic E-state index is 11.1. The van der Waals surface area contributed by atoms with Crippen LogP contribution in [-0.2, 0) is 16.6 Å². The molecule has 0 spiro atoms. The summed E-state index contributed by atoms with van der Waals surface area (Å²) in [5.41, 5.74) is 2.37. The third-order valence-corrected chi connectivity index (χ3v) is 3.99. The van der Waals surface area contributed by atoms with E-state index in [-0.39, 0.29) is 34.7 Å². The Morgan fingerprint density at radius 1 is 1.15 bits per heavy atom. The van der Waals surface area contributed by atoms with Gasteiger partial charge in [-0.15, -0.1) is 10.2 Å². The number of aromatic hydroxyl groups is 1. The highest BCUT2D eigenvalue weighted by molar-refractivity contribution is 5.73. The monoisotopic (exact) mass is 352 g/mol. The van der Waals surface area contributed by atoms with Crippen molar-refractivity contribution >= 4 is 23.1 Å². The number of imidazole rings is 1. The second-order valence-corrected chi connectivity index (χ2v) is 7.04. The number of azo groups is 1. The number of carboxylic acids is 1. The van der Waals surface area contributed by atoms with E-state index in [1.165, 1.54) is 16.0 Å². The number of pyridine rings is 1. The number of fused-ring (bicyclic) bond motifs is 1. The molecule has 0 aliphatic rings. The van der Waals surface area contributed by atoms with Crippen LogP contribution < -0.4 is 0 Å². The molecule has 0 fully saturated rings. The van der Waals surface area contributed by atoms with Gasteiger partial charge < -0.3 is 10.2 Å². The Morgan fingerprint density at radius 2 is 1.85 bits per heavy atom. The zero-order valence-corrected chi connectivity index (χ0v) is 14.8. The van der Waals surface area contributed by atoms with E-state index in [0.717, 1.165) is 0 Å². The van der Waals surface area contributed by atoms with Gasteiger partial charge in [0.2, 0.25) is 0 Å². The van der Waals surface area contributed by atoms with Gasteiger partial charge in [-0.2, -0.15) is 0 Å². The molecule has 3 aromatic rings. The fourth-order valence-corrected chi connectivity index (χ4v) is 2.59. The zero-order valence-electron chi connectivity index (χ0n) is 14.8. The fraction of sp³-hybridized carbons (Fsp3) is 0.263. The first-order valence-electron chi connectivity index (χ1n) is 8.18. The zero-order chi connectivity index (χ0) is 18.9. The minimum absolute atomic E-state index is 0.0451. The summed E-state index contributed by atoms with van der Waals surface area (Å²) in [6.07, 6.45) is 1.35. The summed E-state index contributed by atoms with van der Waals surface area (Å²) in [5, 5.41) is 27.4. The lowest BCUT2D eigenvalue weighted by molar-refractivity contribution is -0.136. The van der Waals surface area contributed by atoms with Crippen LogP contribution >= 0.6 is 0 Å². The van der Waals surface area contributed by atoms with Crippen molar-refractivity contribution in [1.29, 1.82) is 0 Å². The van der Waals surface area contributed by atoms with Gasteiger partial charge in [-0.1, -0.05) is 32.9 Å². The number of aromatic nitrogens is 2. The molecule has 0 radical (unpaired) electrons. The van der Waals surface area contributed by atoms with Crippen LogP contribution in [0.15, 0.2) is 52.8 Å². The topological polar surface area (TPSA) is 99.5 Å². The number of carbonyl (C=O) groups is 1. The van der Waals surface area contributed by atoms with Crippen molar-refractivity contribution in [2.75, 3.05) is 0 Å². The maximum Gasteiger partial charge on any atom is 0.309 e. The third-order valence-electron chi connectivity index (χ3n) is 3.99. The van der Waals surface area contributed by atoms with E-state index in [1.54, 1.807) is 12.3 Å². The Kier molecular flexibility index (Phi) is 4.46. The molecule has 1 aromatic carbocycles. The Bertz CT molecular complexity index is 982. The maximum absolute atomic E-state index is 11.1. The lowest BCUT2D eigenvalue weighted by Crippen LogP contribution is -2.10. The number of aliphatic carboxylic acids is 1. The van der Waals surface area contributed by atoms with Gasteiger partial charge in [0.05, 0.1) is 17.8 Å². The molecule has 0 aliphatic heterocycles. The number of hydrogen-bond donors (Lipinski definition) is 2. The van der Waals surface area contributed by atoms with Crippen molar-refractivity contribution in [3.05, 3.63) is 53.9 Å². The van der Waals surface area contributed by atoms with E-state index in [9.17, 15) is 9.90 Å². The van der Waals surface area contributed by atoms with Crippen LogP contribution in [-0.4, -0.2) is 25.6 Å². The second kappa shape index (κ2) is 6.59. The van der Waals surface area contributed by atoms with Crippen molar-refractivity contribution in [2.24, 2.45) is 10.2 Å². The van der Waals surface area contributed by atoms with E-state index in [0.29, 0.717) is 5.69 Å². The Morgan fingerprint density at radius 3 is 2.46 bits per heavy atom. The van der Waals surface area contributed by atoms with E-state index in [4.69, 9.17) is 5.11 Å². The molecular weight excluding hydrogens is 332 g/mol. The molecule has 0 aliphatic carbocycles. The largest absolute Gasteiger partial charge is 0.504 e. The molecule has 0 atom stereocenters. The predicted molar refractivity (Wildman–Crippen MR) is 97.5 cm³/mol. The first-order chi connectivity index (χ1) is 12.3. The number of rotatable bonds is 4. The molecule has 7 nitrogen and oxygen atoms in total. The highest BCUT2D eigenvalue weighted by Crippen LogP contribution is 2.29. The van der Waals surface area contributed by atoms with Crippen LogP contribution in [0.1, 0.15) is 32.0 Å². The van der Waals surface area contributed by atoms with E-state index in [1.807, 2.05) is 24.3 Å². The number of nitrogens with zero attached hydrogens (tertiary/aromatic N) is 4. The summed E-state index contributed by atoms with van der Waals surface area (Å²) in [6.45, 7) is 6.39. The van der Waals surface area contributed by atoms with Gasteiger partial charge in [-0.3, -0.25) is 9.20 Å². The SMILES string of the molecule is CC(C)(C)c1ccc(N=Nc2c(CC(=O)O)nc3c(O)cccn23)cc1. The Labute approximate surface area is 150 Å². The van der Waals surface area contributed by atoms with Crippen LogP contribution in [0.25, 0.3) is 5.65 Å². The van der Waals surface area contributed by atoms with Crippen LogP contribution in [0, 0.1) is 0 Å². The van der Waals surface area contributed by atoms with Crippen molar-refractivity contribution in [1.82, 2.24) is 9.38 Å². The molecule has 134 valence electrons. The normalized spacial score (nSPS) is 12.1. The van der Waals surface area contributed by atoms with E-state index in [2.05, 4.69) is 36.0 Å². The molecule has 2 heterocycles. The molecule has 2 aromatic heterocycles. The lowest BCUT2D eigenvalue weighted by Gasteiger charge is -2.18. The number of hydrogen-bond acceptors (Lipinski definition) is 5. The summed E-state index contributed by atoms with van der Waals surface area (Å²) >= 11 is 0. The third kappa shape index (κ3) is 3.56. The van der Waals surface area contributed by atoms with E-state index >= 15 is 0 Å². The number of benzene rings is 1. The van der Waals surface area contributed by atoms with Gasteiger partial charge in [0.1, 0.15) is 0 Å². The molecule has 26 heavy (non-hydrogen) atoms. The molecule has 3 rings (SSSR count). The highest BCUT2D eigenvalue weighted by Gasteiger charge is 2.17. The second-order valence-electron chi connectivity index (χ2n) is 7.04. The van der Waals surface area contributed by atoms with Gasteiger partial charge in [0, 0.05) is 6.20 Å². The molecule has 7 heteroatoms. The van der Waals surface area contributed by atoms with Gasteiger partial charge in [0.25, 0.3) is 0 Å². The Hall–Kier alpha value is -3.22. The number of carboxylic acid groups (broad SMARTS) is 1. The first kappa shape index (κ1) is 17.6. The van der Waals surface area contributed by atoms with Crippen LogP contribution in [0.5, 0.6) is 5.75 Å². The van der Waals surface area contributed by atoms with E-state index < -0.39 is 5.97 Å². The lowest BCUT2D eigenvalue weighted by atomic mass is 9.87. The summed E-state index contributed by atoms with van der Waals surface area (Å²) in [4.78, 5) is 15.3. The van der Waals surface area contributed by atoms with Gasteiger partial charge in [0.15, 0.2) is 17.2 Å². The molecule has 0 saturated heterocycles. The average Bonchev–Trinajstić information content (AvgIpc) is 2.90. The van der Waals surface area contributed by atoms with Gasteiger partial charge in [-0.05, 0) is 35.2 Å². The van der Waals surface area contributed by atoms with Crippen LogP contribution in [0.3, 0.4) is 0 Å². The predicted octanol–water partition coefficient (Wildman–Crippen LogP) is 4.38. The van der Waals surface area contributed by atoms with Crippen LogP contribution in [0.4, 0.5) is 11.5 Å². The molecule has 0 amide bonds. The smallest absolute Gasteiger partial charge is 0.309 e. The summed E-state index contributed by atoms with van der Waals surface area (Å²) < 4.78 is 1.53. The van der Waals surface area contributed by atoms with Crippen molar-refractivity contribution in [2.45, 2.75) is 32.6 Å². The van der Waals surface area contributed by atoms with Crippen molar-refractivity contribution in [3.8, 4) is 5.75 Å². The average molecular weight is 352 g/mol. The van der Waals surface area contributed by atoms with Crippen LogP contribution in [0.2, 0.25) is 0 Å². The van der Waals surface area contributed by atoms with Gasteiger partial charge >= 0.3 is 5.97 Å².